The molecule has 0 spiro atoms. The number of amides is 2. The number of aryl methyl sites for hydroxylation is 2. The quantitative estimate of drug-likeness (QED) is 0.607. The number of hydroxylamine groups is 1. The molecule has 5 nitrogen and oxygen atoms in total. The van der Waals surface area contributed by atoms with Crippen molar-refractivity contribution < 1.29 is 14.4 Å². The molecule has 146 valence electrons. The third-order valence-corrected chi connectivity index (χ3v) is 6.54. The lowest BCUT2D eigenvalue weighted by molar-refractivity contribution is -0.126. The molecule has 2 amide bonds. The molecule has 2 aliphatic rings. The second-order valence-electron chi connectivity index (χ2n) is 7.47. The molecule has 0 bridgehead atoms. The number of thiophene rings is 1. The van der Waals surface area contributed by atoms with Crippen LogP contribution in [0.25, 0.3) is 0 Å². The maximum absolute atomic E-state index is 13.5. The van der Waals surface area contributed by atoms with Gasteiger partial charge in [0.05, 0.1) is 11.4 Å². The number of para-hydroxylation sites is 1. The highest BCUT2D eigenvalue weighted by Crippen LogP contribution is 2.49. The Morgan fingerprint density at radius 1 is 0.897 bits per heavy atom. The summed E-state index contributed by atoms with van der Waals surface area (Å²) in [6.45, 7) is 3.97. The number of imide groups is 1. The van der Waals surface area contributed by atoms with E-state index in [4.69, 9.17) is 4.84 Å². The lowest BCUT2D eigenvalue weighted by Crippen LogP contribution is -2.37. The normalized spacial score (nSPS) is 23.7. The van der Waals surface area contributed by atoms with Crippen LogP contribution in [0.2, 0.25) is 0 Å². The Bertz CT molecular complexity index is 1080. The van der Waals surface area contributed by atoms with Crippen molar-refractivity contribution >= 4 is 34.5 Å². The minimum atomic E-state index is -0.824. The van der Waals surface area contributed by atoms with Crippen LogP contribution >= 0.6 is 11.3 Å². The highest BCUT2D eigenvalue weighted by atomic mass is 32.1. The first-order chi connectivity index (χ1) is 14.1. The van der Waals surface area contributed by atoms with E-state index in [0.717, 1.165) is 21.7 Å². The zero-order valence-electron chi connectivity index (χ0n) is 16.1. The van der Waals surface area contributed by atoms with Gasteiger partial charge >= 0.3 is 0 Å². The van der Waals surface area contributed by atoms with Gasteiger partial charge in [-0.25, -0.2) is 9.96 Å². The van der Waals surface area contributed by atoms with Crippen LogP contribution < -0.4 is 9.96 Å². The van der Waals surface area contributed by atoms with Gasteiger partial charge in [-0.3, -0.25) is 14.4 Å². The number of fused-ring (bicyclic) bond motifs is 1. The highest BCUT2D eigenvalue weighted by molar-refractivity contribution is 7.10. The molecule has 3 aromatic rings. The van der Waals surface area contributed by atoms with Crippen LogP contribution in [0.5, 0.6) is 0 Å². The third-order valence-electron chi connectivity index (χ3n) is 5.60. The lowest BCUT2D eigenvalue weighted by atomic mass is 9.95. The molecule has 5 rings (SSSR count). The van der Waals surface area contributed by atoms with Gasteiger partial charge in [0.15, 0.2) is 6.10 Å². The van der Waals surface area contributed by atoms with Gasteiger partial charge in [0.25, 0.3) is 5.91 Å². The first kappa shape index (κ1) is 18.1. The smallest absolute Gasteiger partial charge is 0.266 e. The fraction of sp³-hybridized carbons (Fsp3) is 0.217. The van der Waals surface area contributed by atoms with E-state index in [1.165, 1.54) is 4.90 Å². The Morgan fingerprint density at radius 3 is 2.34 bits per heavy atom. The van der Waals surface area contributed by atoms with Crippen LogP contribution in [0, 0.1) is 19.8 Å². The molecule has 0 N–H and O–H groups in total. The molecule has 2 aromatic carbocycles. The zero-order chi connectivity index (χ0) is 20.1. The van der Waals surface area contributed by atoms with Crippen molar-refractivity contribution in [2.24, 2.45) is 5.92 Å². The van der Waals surface area contributed by atoms with Gasteiger partial charge in [0.1, 0.15) is 12.0 Å². The summed E-state index contributed by atoms with van der Waals surface area (Å²) in [5, 5.41) is 3.75. The lowest BCUT2D eigenvalue weighted by Gasteiger charge is -2.28. The largest absolute Gasteiger partial charge is 0.273 e. The summed E-state index contributed by atoms with van der Waals surface area (Å²) in [5.41, 5.74) is 3.58. The molecule has 0 aliphatic carbocycles. The van der Waals surface area contributed by atoms with Crippen molar-refractivity contribution in [1.29, 1.82) is 0 Å². The van der Waals surface area contributed by atoms with Crippen molar-refractivity contribution in [2.75, 3.05) is 9.96 Å². The minimum Gasteiger partial charge on any atom is -0.273 e. The molecule has 3 heterocycles. The first-order valence-electron chi connectivity index (χ1n) is 9.56. The van der Waals surface area contributed by atoms with E-state index in [9.17, 15) is 9.59 Å². The maximum Gasteiger partial charge on any atom is 0.266 e. The number of carbonyl (C=O) groups excluding carboxylic acids is 2. The first-order valence-corrected chi connectivity index (χ1v) is 10.4. The average Bonchev–Trinajstić information content (AvgIpc) is 3.41. The van der Waals surface area contributed by atoms with E-state index < -0.39 is 12.0 Å². The van der Waals surface area contributed by atoms with E-state index in [1.807, 2.05) is 79.9 Å². The third kappa shape index (κ3) is 2.79. The summed E-state index contributed by atoms with van der Waals surface area (Å²) < 4.78 is 0. The molecule has 2 fully saturated rings. The molecule has 0 saturated carbocycles. The van der Waals surface area contributed by atoms with E-state index in [2.05, 4.69) is 0 Å². The van der Waals surface area contributed by atoms with Crippen LogP contribution in [-0.2, 0) is 14.4 Å². The van der Waals surface area contributed by atoms with Gasteiger partial charge in [-0.2, -0.15) is 0 Å². The Labute approximate surface area is 173 Å². The monoisotopic (exact) mass is 404 g/mol. The number of rotatable bonds is 3. The summed E-state index contributed by atoms with van der Waals surface area (Å²) in [6, 6.07) is 18.9. The fourth-order valence-electron chi connectivity index (χ4n) is 4.13. The molecule has 6 heteroatoms. The second-order valence-corrected chi connectivity index (χ2v) is 8.45. The van der Waals surface area contributed by atoms with Gasteiger partial charge in [-0.15, -0.1) is 11.3 Å². The van der Waals surface area contributed by atoms with E-state index in [-0.39, 0.29) is 17.9 Å². The molecule has 0 radical (unpaired) electrons. The van der Waals surface area contributed by atoms with Gasteiger partial charge < -0.3 is 0 Å². The van der Waals surface area contributed by atoms with Gasteiger partial charge in [0, 0.05) is 4.88 Å². The maximum atomic E-state index is 13.5. The number of hydrogen-bond donors (Lipinski definition) is 0. The molecule has 3 atom stereocenters. The van der Waals surface area contributed by atoms with Crippen molar-refractivity contribution in [3.05, 3.63) is 82.0 Å². The van der Waals surface area contributed by atoms with Crippen molar-refractivity contribution in [3.8, 4) is 0 Å². The van der Waals surface area contributed by atoms with E-state index >= 15 is 0 Å². The van der Waals surface area contributed by atoms with Gasteiger partial charge in [-0.1, -0.05) is 42.0 Å². The minimum absolute atomic E-state index is 0.210. The Morgan fingerprint density at radius 2 is 1.66 bits per heavy atom. The average molecular weight is 404 g/mol. The Hall–Kier alpha value is -2.96. The van der Waals surface area contributed by atoms with E-state index in [1.54, 1.807) is 16.4 Å². The number of nitrogens with zero attached hydrogens (tertiary/aromatic N) is 2. The van der Waals surface area contributed by atoms with Crippen molar-refractivity contribution in [1.82, 2.24) is 0 Å². The van der Waals surface area contributed by atoms with Gasteiger partial charge in [0.2, 0.25) is 5.91 Å². The topological polar surface area (TPSA) is 49.9 Å². The SMILES string of the molecule is Cc1ccc(N2C(=O)[C@@H]3[C@H](ON(c4ccccc4C)[C@@H]3c3cccs3)C2=O)cc1. The summed E-state index contributed by atoms with van der Waals surface area (Å²) in [4.78, 5) is 35.1. The summed E-state index contributed by atoms with van der Waals surface area (Å²) in [5.74, 6) is -1.10. The van der Waals surface area contributed by atoms with Crippen molar-refractivity contribution in [2.45, 2.75) is 26.0 Å². The molecule has 0 unspecified atom stereocenters. The standard InChI is InChI=1S/C23H20N2O3S/c1-14-9-11-16(12-10-14)24-22(26)19-20(18-8-5-13-29-18)25(28-21(19)23(24)27)17-7-4-3-6-15(17)2/h3-13,19-21H,1-2H3/t19-,20+,21-/m0/s1. The van der Waals surface area contributed by atoms with Crippen LogP contribution in [0.4, 0.5) is 11.4 Å². The number of carbonyl (C=O) groups is 2. The molecule has 29 heavy (non-hydrogen) atoms. The van der Waals surface area contributed by atoms with Crippen LogP contribution in [0.15, 0.2) is 66.0 Å². The molecule has 1 aromatic heterocycles. The van der Waals surface area contributed by atoms with Crippen LogP contribution in [0.3, 0.4) is 0 Å². The number of benzene rings is 2. The van der Waals surface area contributed by atoms with Crippen LogP contribution in [0.1, 0.15) is 22.0 Å². The summed E-state index contributed by atoms with van der Waals surface area (Å²) >= 11 is 1.57. The van der Waals surface area contributed by atoms with Crippen molar-refractivity contribution in [3.63, 3.8) is 0 Å². The number of anilines is 2. The number of hydrogen-bond acceptors (Lipinski definition) is 5. The molecular weight excluding hydrogens is 384 g/mol. The molecule has 2 aliphatic heterocycles. The zero-order valence-corrected chi connectivity index (χ0v) is 16.9. The Kier molecular flexibility index (Phi) is 4.26. The van der Waals surface area contributed by atoms with Crippen LogP contribution in [-0.4, -0.2) is 17.9 Å². The summed E-state index contributed by atoms with van der Waals surface area (Å²) in [7, 11) is 0. The second kappa shape index (κ2) is 6.83. The highest BCUT2D eigenvalue weighted by Gasteiger charge is 2.60. The molecule has 2 saturated heterocycles. The predicted molar refractivity (Wildman–Crippen MR) is 113 cm³/mol. The fourth-order valence-corrected chi connectivity index (χ4v) is 4.98. The van der Waals surface area contributed by atoms with Gasteiger partial charge in [-0.05, 0) is 49.1 Å². The molecular formula is C23H20N2O3S. The van der Waals surface area contributed by atoms with E-state index in [0.29, 0.717) is 5.69 Å². The predicted octanol–water partition coefficient (Wildman–Crippen LogP) is 4.42. The summed E-state index contributed by atoms with van der Waals surface area (Å²) in [6.07, 6.45) is -0.824. The Balaban J connectivity index is 1.58.